The number of nitro groups is 1. The summed E-state index contributed by atoms with van der Waals surface area (Å²) in [6.07, 6.45) is 5.32. The van der Waals surface area contributed by atoms with Crippen LogP contribution in [0.5, 0.6) is 0 Å². The Balaban J connectivity index is 2.21. The van der Waals surface area contributed by atoms with Gasteiger partial charge in [0.25, 0.3) is 5.69 Å². The minimum atomic E-state index is -0.674. The van der Waals surface area contributed by atoms with Crippen molar-refractivity contribution in [2.75, 3.05) is 0 Å². The van der Waals surface area contributed by atoms with E-state index in [4.69, 9.17) is 0 Å². The van der Waals surface area contributed by atoms with E-state index in [1.165, 1.54) is 25.3 Å². The summed E-state index contributed by atoms with van der Waals surface area (Å²) < 4.78 is 0. The fourth-order valence-corrected chi connectivity index (χ4v) is 3.73. The summed E-state index contributed by atoms with van der Waals surface area (Å²) in [4.78, 5) is 11.5. The van der Waals surface area contributed by atoms with E-state index < -0.39 is 6.10 Å². The van der Waals surface area contributed by atoms with E-state index in [0.717, 1.165) is 17.7 Å². The fourth-order valence-electron chi connectivity index (χ4n) is 2.40. The molecule has 104 valence electrons. The molecule has 0 aliphatic heterocycles. The van der Waals surface area contributed by atoms with Gasteiger partial charge >= 0.3 is 0 Å². The van der Waals surface area contributed by atoms with Gasteiger partial charge in [-0.2, -0.15) is 0 Å². The minimum absolute atomic E-state index is 0.119. The second-order valence-corrected chi connectivity index (χ2v) is 6.38. The molecular weight excluding hydrogens is 262 g/mol. The molecule has 5 heteroatoms. The molecule has 19 heavy (non-hydrogen) atoms. The zero-order chi connectivity index (χ0) is 13.8. The summed E-state index contributed by atoms with van der Waals surface area (Å²) in [5.41, 5.74) is 0.716. The highest BCUT2D eigenvalue weighted by atomic mass is 32.2. The highest BCUT2D eigenvalue weighted by Gasteiger charge is 2.21. The molecule has 2 rings (SSSR count). The van der Waals surface area contributed by atoms with Crippen LogP contribution in [0.2, 0.25) is 0 Å². The van der Waals surface area contributed by atoms with Gasteiger partial charge in [-0.1, -0.05) is 25.3 Å². The predicted octanol–water partition coefficient (Wildman–Crippen LogP) is 4.07. The van der Waals surface area contributed by atoms with Gasteiger partial charge in [0.2, 0.25) is 0 Å². The van der Waals surface area contributed by atoms with Gasteiger partial charge in [-0.05, 0) is 31.4 Å². The molecule has 1 atom stereocenters. The Morgan fingerprint density at radius 3 is 2.63 bits per heavy atom. The summed E-state index contributed by atoms with van der Waals surface area (Å²) in [7, 11) is 0. The Kier molecular flexibility index (Phi) is 4.82. The number of benzene rings is 1. The Morgan fingerprint density at radius 2 is 2.05 bits per heavy atom. The van der Waals surface area contributed by atoms with Gasteiger partial charge in [-0.3, -0.25) is 10.1 Å². The molecule has 1 fully saturated rings. The van der Waals surface area contributed by atoms with Crippen molar-refractivity contribution in [2.45, 2.75) is 55.3 Å². The van der Waals surface area contributed by atoms with Gasteiger partial charge in [-0.15, -0.1) is 11.8 Å². The average molecular weight is 281 g/mol. The summed E-state index contributed by atoms with van der Waals surface area (Å²) in [6, 6.07) is 5.05. The van der Waals surface area contributed by atoms with Crippen molar-refractivity contribution >= 4 is 17.4 Å². The summed E-state index contributed by atoms with van der Waals surface area (Å²) in [5.74, 6) is 0. The van der Waals surface area contributed by atoms with Crippen molar-refractivity contribution in [3.05, 3.63) is 33.9 Å². The molecule has 0 unspecified atom stereocenters. The quantitative estimate of drug-likeness (QED) is 0.667. The number of aliphatic hydroxyl groups is 1. The van der Waals surface area contributed by atoms with Crippen molar-refractivity contribution < 1.29 is 10.0 Å². The molecule has 0 spiro atoms. The average Bonchev–Trinajstić information content (AvgIpc) is 2.39. The number of nitro benzene ring substituents is 1. The Hall–Kier alpha value is -1.07. The monoisotopic (exact) mass is 281 g/mol. The van der Waals surface area contributed by atoms with E-state index in [1.54, 1.807) is 30.8 Å². The highest BCUT2D eigenvalue weighted by molar-refractivity contribution is 8.00. The number of hydrogen-bond acceptors (Lipinski definition) is 4. The molecule has 0 heterocycles. The van der Waals surface area contributed by atoms with Gasteiger partial charge in [0.15, 0.2) is 0 Å². The number of rotatable bonds is 4. The van der Waals surface area contributed by atoms with E-state index in [-0.39, 0.29) is 10.6 Å². The largest absolute Gasteiger partial charge is 0.389 e. The van der Waals surface area contributed by atoms with Gasteiger partial charge in [0.1, 0.15) is 0 Å². The lowest BCUT2D eigenvalue weighted by atomic mass is 10.0. The third kappa shape index (κ3) is 3.70. The molecule has 4 nitrogen and oxygen atoms in total. The van der Waals surface area contributed by atoms with Crippen LogP contribution in [0.15, 0.2) is 23.1 Å². The van der Waals surface area contributed by atoms with Crippen LogP contribution in [0, 0.1) is 10.1 Å². The topological polar surface area (TPSA) is 63.4 Å². The lowest BCUT2D eigenvalue weighted by Crippen LogP contribution is -2.08. The van der Waals surface area contributed by atoms with Crippen molar-refractivity contribution in [2.24, 2.45) is 0 Å². The third-order valence-electron chi connectivity index (χ3n) is 3.51. The van der Waals surface area contributed by atoms with E-state index >= 15 is 0 Å². The zero-order valence-corrected chi connectivity index (χ0v) is 11.9. The molecule has 0 radical (unpaired) electrons. The first-order chi connectivity index (χ1) is 9.08. The third-order valence-corrected chi connectivity index (χ3v) is 4.91. The summed E-state index contributed by atoms with van der Waals surface area (Å²) in [6.45, 7) is 1.62. The first kappa shape index (κ1) is 14.3. The van der Waals surface area contributed by atoms with Crippen LogP contribution < -0.4 is 0 Å². The molecule has 0 saturated heterocycles. The Bertz CT molecular complexity index is 456. The lowest BCUT2D eigenvalue weighted by Gasteiger charge is -2.21. The first-order valence-electron chi connectivity index (χ1n) is 6.71. The smallest absolute Gasteiger partial charge is 0.283 e. The maximum absolute atomic E-state index is 11.1. The first-order valence-corrected chi connectivity index (χ1v) is 7.59. The maximum Gasteiger partial charge on any atom is 0.283 e. The normalized spacial score (nSPS) is 18.2. The SMILES string of the molecule is C[C@@H](O)c1ccc(SC2CCCCC2)c([N+](=O)[O-])c1. The fraction of sp³-hybridized carbons (Fsp3) is 0.571. The zero-order valence-electron chi connectivity index (χ0n) is 11.0. The molecule has 0 aromatic heterocycles. The molecule has 1 aliphatic rings. The second-order valence-electron chi connectivity index (χ2n) is 5.04. The minimum Gasteiger partial charge on any atom is -0.389 e. The van der Waals surface area contributed by atoms with E-state index in [9.17, 15) is 15.2 Å². The van der Waals surface area contributed by atoms with Gasteiger partial charge in [-0.25, -0.2) is 0 Å². The van der Waals surface area contributed by atoms with Crippen molar-refractivity contribution in [1.29, 1.82) is 0 Å². The Labute approximate surface area is 117 Å². The highest BCUT2D eigenvalue weighted by Crippen LogP contribution is 2.38. The summed E-state index contributed by atoms with van der Waals surface area (Å²) >= 11 is 1.62. The van der Waals surface area contributed by atoms with Crippen molar-refractivity contribution in [3.8, 4) is 0 Å². The van der Waals surface area contributed by atoms with E-state index in [2.05, 4.69) is 0 Å². The molecule has 1 aromatic carbocycles. The molecule has 0 bridgehead atoms. The predicted molar refractivity (Wildman–Crippen MR) is 76.5 cm³/mol. The number of thioether (sulfide) groups is 1. The van der Waals surface area contributed by atoms with Crippen LogP contribution in [0.25, 0.3) is 0 Å². The number of hydrogen-bond donors (Lipinski definition) is 1. The Morgan fingerprint density at radius 1 is 1.37 bits per heavy atom. The van der Waals surface area contributed by atoms with Crippen LogP contribution in [0.1, 0.15) is 50.7 Å². The van der Waals surface area contributed by atoms with Crippen LogP contribution in [0.3, 0.4) is 0 Å². The van der Waals surface area contributed by atoms with Crippen LogP contribution in [-0.4, -0.2) is 15.3 Å². The second kappa shape index (κ2) is 6.39. The maximum atomic E-state index is 11.1. The van der Waals surface area contributed by atoms with Crippen LogP contribution in [-0.2, 0) is 0 Å². The van der Waals surface area contributed by atoms with E-state index in [1.807, 2.05) is 0 Å². The number of aliphatic hydroxyl groups excluding tert-OH is 1. The molecule has 1 saturated carbocycles. The van der Waals surface area contributed by atoms with Gasteiger partial charge in [0, 0.05) is 11.3 Å². The van der Waals surface area contributed by atoms with Crippen LogP contribution in [0.4, 0.5) is 5.69 Å². The van der Waals surface area contributed by atoms with E-state index in [0.29, 0.717) is 10.8 Å². The van der Waals surface area contributed by atoms with Crippen molar-refractivity contribution in [1.82, 2.24) is 0 Å². The molecule has 0 amide bonds. The summed E-state index contributed by atoms with van der Waals surface area (Å²) in [5, 5.41) is 21.2. The number of nitrogens with zero attached hydrogens (tertiary/aromatic N) is 1. The molecule has 1 N–H and O–H groups in total. The van der Waals surface area contributed by atoms with Crippen molar-refractivity contribution in [3.63, 3.8) is 0 Å². The van der Waals surface area contributed by atoms with Crippen LogP contribution >= 0.6 is 11.8 Å². The standard InChI is InChI=1S/C14H19NO3S/c1-10(16)11-7-8-14(13(9-11)15(17)18)19-12-5-3-2-4-6-12/h7-10,12,16H,2-6H2,1H3/t10-/m1/s1. The van der Waals surface area contributed by atoms with Gasteiger partial charge < -0.3 is 5.11 Å². The molecule has 1 aliphatic carbocycles. The molecular formula is C14H19NO3S. The molecule has 1 aromatic rings. The lowest BCUT2D eigenvalue weighted by molar-refractivity contribution is -0.387. The van der Waals surface area contributed by atoms with Gasteiger partial charge in [0.05, 0.1) is 15.9 Å².